The van der Waals surface area contributed by atoms with E-state index in [4.69, 9.17) is 0 Å². The Morgan fingerprint density at radius 1 is 1.31 bits per heavy atom. The van der Waals surface area contributed by atoms with Gasteiger partial charge in [-0.3, -0.25) is 9.89 Å². The van der Waals surface area contributed by atoms with Crippen molar-refractivity contribution in [2.24, 2.45) is 4.99 Å². The maximum Gasteiger partial charge on any atom is 0.387 e. The van der Waals surface area contributed by atoms with E-state index in [0.717, 1.165) is 37.7 Å². The van der Waals surface area contributed by atoms with Crippen LogP contribution in [-0.4, -0.2) is 87.7 Å². The van der Waals surface area contributed by atoms with Gasteiger partial charge in [0, 0.05) is 52.9 Å². The molecule has 1 unspecified atom stereocenters. The summed E-state index contributed by atoms with van der Waals surface area (Å²) >= 11 is 0. The van der Waals surface area contributed by atoms with Crippen LogP contribution in [0.25, 0.3) is 0 Å². The largest absolute Gasteiger partial charge is 0.435 e. The standard InChI is InChI=1S/C18H29F2N5O/c1-21-18(22-11-15-13-23(2)9-10-24(15)3)25(4)12-14-5-7-16(8-6-14)26-17(19)20/h5-8,15,17H,9-13H2,1-4H3,(H,21,22). The fourth-order valence-electron chi connectivity index (χ4n) is 3.04. The Bertz CT molecular complexity index is 581. The summed E-state index contributed by atoms with van der Waals surface area (Å²) < 4.78 is 28.8. The Balaban J connectivity index is 1.87. The van der Waals surface area contributed by atoms with Crippen LogP contribution in [0.2, 0.25) is 0 Å². The van der Waals surface area contributed by atoms with Crippen molar-refractivity contribution < 1.29 is 13.5 Å². The van der Waals surface area contributed by atoms with Crippen LogP contribution in [0, 0.1) is 0 Å². The van der Waals surface area contributed by atoms with Crippen LogP contribution in [0.3, 0.4) is 0 Å². The Kier molecular flexibility index (Phi) is 7.59. The lowest BCUT2D eigenvalue weighted by Crippen LogP contribution is -2.55. The van der Waals surface area contributed by atoms with Gasteiger partial charge in [-0.2, -0.15) is 8.78 Å². The number of ether oxygens (including phenoxy) is 1. The Hall–Kier alpha value is -1.93. The number of rotatable bonds is 6. The van der Waals surface area contributed by atoms with Gasteiger partial charge < -0.3 is 19.9 Å². The highest BCUT2D eigenvalue weighted by Crippen LogP contribution is 2.15. The zero-order valence-electron chi connectivity index (χ0n) is 16.0. The number of likely N-dealkylation sites (N-methyl/N-ethyl adjacent to an activating group) is 2. The number of guanidine groups is 1. The molecule has 0 aromatic heterocycles. The van der Waals surface area contributed by atoms with Crippen LogP contribution in [0.1, 0.15) is 5.56 Å². The summed E-state index contributed by atoms with van der Waals surface area (Å²) in [6, 6.07) is 7.11. The fourth-order valence-corrected chi connectivity index (χ4v) is 3.04. The van der Waals surface area contributed by atoms with E-state index in [1.165, 1.54) is 0 Å². The van der Waals surface area contributed by atoms with Gasteiger partial charge in [-0.05, 0) is 31.8 Å². The summed E-state index contributed by atoms with van der Waals surface area (Å²) in [5.41, 5.74) is 0.992. The lowest BCUT2D eigenvalue weighted by atomic mass is 10.2. The molecule has 0 aliphatic carbocycles. The number of nitrogens with zero attached hydrogens (tertiary/aromatic N) is 4. The maximum absolute atomic E-state index is 12.2. The lowest BCUT2D eigenvalue weighted by molar-refractivity contribution is -0.0498. The second kappa shape index (κ2) is 9.68. The first kappa shape index (κ1) is 20.4. The Labute approximate surface area is 154 Å². The topological polar surface area (TPSA) is 43.3 Å². The van der Waals surface area contributed by atoms with Gasteiger partial charge in [0.15, 0.2) is 5.96 Å². The predicted octanol–water partition coefficient (Wildman–Crippen LogP) is 1.54. The van der Waals surface area contributed by atoms with Crippen LogP contribution in [0.15, 0.2) is 29.3 Å². The second-order valence-electron chi connectivity index (χ2n) is 6.70. The van der Waals surface area contributed by atoms with Crippen LogP contribution < -0.4 is 10.1 Å². The number of halogens is 2. The van der Waals surface area contributed by atoms with Crippen molar-refractivity contribution in [3.8, 4) is 5.75 Å². The summed E-state index contributed by atoms with van der Waals surface area (Å²) in [6.07, 6.45) is 0. The van der Waals surface area contributed by atoms with Gasteiger partial charge in [0.25, 0.3) is 0 Å². The molecule has 0 saturated carbocycles. The van der Waals surface area contributed by atoms with Crippen molar-refractivity contribution in [1.29, 1.82) is 0 Å². The second-order valence-corrected chi connectivity index (χ2v) is 6.70. The maximum atomic E-state index is 12.2. The summed E-state index contributed by atoms with van der Waals surface area (Å²) in [6.45, 7) is 1.81. The van der Waals surface area contributed by atoms with Crippen molar-refractivity contribution in [3.05, 3.63) is 29.8 Å². The average molecular weight is 369 g/mol. The third-order valence-electron chi connectivity index (χ3n) is 4.62. The number of nitrogens with one attached hydrogen (secondary N) is 1. The monoisotopic (exact) mass is 369 g/mol. The van der Waals surface area contributed by atoms with Gasteiger partial charge in [-0.1, -0.05) is 12.1 Å². The minimum Gasteiger partial charge on any atom is -0.435 e. The van der Waals surface area contributed by atoms with Crippen molar-refractivity contribution in [2.75, 3.05) is 54.4 Å². The summed E-state index contributed by atoms with van der Waals surface area (Å²) in [5, 5.41) is 3.43. The zero-order chi connectivity index (χ0) is 19.1. The van der Waals surface area contributed by atoms with E-state index in [2.05, 4.69) is 38.9 Å². The van der Waals surface area contributed by atoms with Gasteiger partial charge in [0.2, 0.25) is 0 Å². The lowest BCUT2D eigenvalue weighted by Gasteiger charge is -2.38. The van der Waals surface area contributed by atoms with Gasteiger partial charge >= 0.3 is 6.61 Å². The Morgan fingerprint density at radius 2 is 2.00 bits per heavy atom. The molecule has 2 rings (SSSR count). The molecule has 1 aliphatic rings. The molecular weight excluding hydrogens is 340 g/mol. The molecule has 1 atom stereocenters. The fraction of sp³-hybridized carbons (Fsp3) is 0.611. The van der Waals surface area contributed by atoms with Gasteiger partial charge in [-0.25, -0.2) is 0 Å². The highest BCUT2D eigenvalue weighted by Gasteiger charge is 2.22. The molecular formula is C18H29F2N5O. The summed E-state index contributed by atoms with van der Waals surface area (Å²) in [4.78, 5) is 11.1. The SMILES string of the molecule is CN=C(NCC1CN(C)CCN1C)N(C)Cc1ccc(OC(F)F)cc1. The molecule has 1 aliphatic heterocycles. The van der Waals surface area contributed by atoms with Crippen LogP contribution in [0.5, 0.6) is 5.75 Å². The highest BCUT2D eigenvalue weighted by molar-refractivity contribution is 5.79. The van der Waals surface area contributed by atoms with Crippen molar-refractivity contribution >= 4 is 5.96 Å². The number of alkyl halides is 2. The van der Waals surface area contributed by atoms with Crippen LogP contribution in [-0.2, 0) is 6.54 Å². The molecule has 8 heteroatoms. The van der Waals surface area contributed by atoms with Crippen LogP contribution >= 0.6 is 0 Å². The van der Waals surface area contributed by atoms with E-state index in [-0.39, 0.29) is 5.75 Å². The van der Waals surface area contributed by atoms with E-state index in [1.807, 2.05) is 11.9 Å². The number of hydrogen-bond donors (Lipinski definition) is 1. The molecule has 0 amide bonds. The van der Waals surface area contributed by atoms with Crippen molar-refractivity contribution in [2.45, 2.75) is 19.2 Å². The molecule has 0 bridgehead atoms. The number of benzene rings is 1. The Morgan fingerprint density at radius 3 is 2.62 bits per heavy atom. The minimum atomic E-state index is -2.80. The number of aliphatic imine (C=N–C) groups is 1. The molecule has 146 valence electrons. The molecule has 1 aromatic carbocycles. The molecule has 26 heavy (non-hydrogen) atoms. The smallest absolute Gasteiger partial charge is 0.387 e. The van der Waals surface area contributed by atoms with E-state index in [0.29, 0.717) is 12.6 Å². The molecule has 1 saturated heterocycles. The molecule has 1 N–H and O–H groups in total. The zero-order valence-corrected chi connectivity index (χ0v) is 16.0. The first-order chi connectivity index (χ1) is 12.4. The summed E-state index contributed by atoms with van der Waals surface area (Å²) in [7, 11) is 8.00. The normalized spacial score (nSPS) is 19.7. The van der Waals surface area contributed by atoms with E-state index < -0.39 is 6.61 Å². The summed E-state index contributed by atoms with van der Waals surface area (Å²) in [5.74, 6) is 0.970. The van der Waals surface area contributed by atoms with E-state index in [9.17, 15) is 8.78 Å². The molecule has 1 heterocycles. The molecule has 0 spiro atoms. The van der Waals surface area contributed by atoms with E-state index >= 15 is 0 Å². The average Bonchev–Trinajstić information content (AvgIpc) is 2.59. The van der Waals surface area contributed by atoms with Crippen molar-refractivity contribution in [3.63, 3.8) is 0 Å². The van der Waals surface area contributed by atoms with Gasteiger partial charge in [-0.15, -0.1) is 0 Å². The highest BCUT2D eigenvalue weighted by atomic mass is 19.3. The van der Waals surface area contributed by atoms with Crippen molar-refractivity contribution in [1.82, 2.24) is 20.0 Å². The van der Waals surface area contributed by atoms with Gasteiger partial charge in [0.1, 0.15) is 5.75 Å². The molecule has 1 fully saturated rings. The van der Waals surface area contributed by atoms with Gasteiger partial charge in [0.05, 0.1) is 0 Å². The first-order valence-electron chi connectivity index (χ1n) is 8.73. The minimum absolute atomic E-state index is 0.165. The quantitative estimate of drug-likeness (QED) is 0.609. The predicted molar refractivity (Wildman–Crippen MR) is 99.8 cm³/mol. The van der Waals surface area contributed by atoms with E-state index in [1.54, 1.807) is 31.3 Å². The first-order valence-corrected chi connectivity index (χ1v) is 8.73. The molecule has 0 radical (unpaired) electrons. The number of hydrogen-bond acceptors (Lipinski definition) is 4. The third kappa shape index (κ3) is 6.10. The molecule has 6 nitrogen and oxygen atoms in total. The number of piperazine rings is 1. The molecule has 1 aromatic rings. The van der Waals surface area contributed by atoms with Crippen LogP contribution in [0.4, 0.5) is 8.78 Å². The third-order valence-corrected chi connectivity index (χ3v) is 4.62.